The topological polar surface area (TPSA) is 92.9 Å². The number of hydrogen-bond donors (Lipinski definition) is 2. The van der Waals surface area contributed by atoms with Crippen LogP contribution >= 0.6 is 0 Å². The molecule has 6 nitrogen and oxygen atoms in total. The summed E-state index contributed by atoms with van der Waals surface area (Å²) in [6.45, 7) is 0.208. The molecule has 3 N–H and O–H groups in total. The number of carbonyl (C=O) groups is 2. The second-order valence-corrected chi connectivity index (χ2v) is 2.95. The summed E-state index contributed by atoms with van der Waals surface area (Å²) in [7, 11) is 1.48. The van der Waals surface area contributed by atoms with Crippen LogP contribution in [0.3, 0.4) is 0 Å². The van der Waals surface area contributed by atoms with Gasteiger partial charge in [0, 0.05) is 13.5 Å². The fraction of sp³-hybridized carbons (Fsp3) is 0.714. The molecule has 2 atom stereocenters. The van der Waals surface area contributed by atoms with Crippen molar-refractivity contribution in [3.63, 3.8) is 0 Å². The van der Waals surface area contributed by atoms with Gasteiger partial charge in [0.2, 0.25) is 5.91 Å². The van der Waals surface area contributed by atoms with Gasteiger partial charge in [-0.3, -0.25) is 9.69 Å². The largest absolute Gasteiger partial charge is 0.465 e. The third kappa shape index (κ3) is 1.89. The van der Waals surface area contributed by atoms with Crippen LogP contribution < -0.4 is 5.73 Å². The highest BCUT2D eigenvalue weighted by Crippen LogP contribution is 2.19. The summed E-state index contributed by atoms with van der Waals surface area (Å²) in [6, 6.07) is -0.748. The predicted octanol–water partition coefficient (Wildman–Crippen LogP) is -0.761. The van der Waals surface area contributed by atoms with E-state index in [-0.39, 0.29) is 12.6 Å². The molecule has 0 aromatic carbocycles. The number of ether oxygens (including phenoxy) is 1. The van der Waals surface area contributed by atoms with Gasteiger partial charge in [-0.15, -0.1) is 0 Å². The second-order valence-electron chi connectivity index (χ2n) is 2.95. The van der Waals surface area contributed by atoms with Gasteiger partial charge in [0.15, 0.2) is 0 Å². The standard InChI is InChI=1S/C7H12N2O4/c1-13-4-2-5(6(8)10)9(3-4)7(11)12/h4-5H,2-3H2,1H3,(H2,8,10)(H,11,12)/t4-,5+/m1/s1. The Hall–Kier alpha value is -1.30. The Balaban J connectivity index is 2.71. The first-order valence-electron chi connectivity index (χ1n) is 3.88. The molecule has 0 aromatic rings. The smallest absolute Gasteiger partial charge is 0.408 e. The fourth-order valence-corrected chi connectivity index (χ4v) is 1.45. The third-order valence-electron chi connectivity index (χ3n) is 2.17. The third-order valence-corrected chi connectivity index (χ3v) is 2.17. The molecule has 1 heterocycles. The molecule has 13 heavy (non-hydrogen) atoms. The number of primary amides is 1. The maximum atomic E-state index is 10.8. The van der Waals surface area contributed by atoms with Gasteiger partial charge in [-0.2, -0.15) is 0 Å². The van der Waals surface area contributed by atoms with Crippen molar-refractivity contribution in [3.8, 4) is 0 Å². The minimum Gasteiger partial charge on any atom is -0.465 e. The number of amides is 2. The van der Waals surface area contributed by atoms with Crippen molar-refractivity contribution >= 4 is 12.0 Å². The van der Waals surface area contributed by atoms with Crippen molar-refractivity contribution in [2.45, 2.75) is 18.6 Å². The molecule has 0 unspecified atom stereocenters. The van der Waals surface area contributed by atoms with Gasteiger partial charge < -0.3 is 15.6 Å². The van der Waals surface area contributed by atoms with Gasteiger partial charge in [-0.05, 0) is 0 Å². The number of carboxylic acid groups (broad SMARTS) is 1. The first-order chi connectivity index (χ1) is 6.06. The van der Waals surface area contributed by atoms with E-state index < -0.39 is 18.0 Å². The Bertz CT molecular complexity index is 209. The van der Waals surface area contributed by atoms with Crippen LogP contribution in [0.15, 0.2) is 0 Å². The SMILES string of the molecule is CO[C@@H]1C[C@@H](C(N)=O)N(C(=O)O)C1. The summed E-state index contributed by atoms with van der Waals surface area (Å²) in [5.74, 6) is -0.623. The van der Waals surface area contributed by atoms with Crippen LogP contribution in [-0.2, 0) is 9.53 Å². The molecule has 0 aromatic heterocycles. The van der Waals surface area contributed by atoms with E-state index in [2.05, 4.69) is 0 Å². The van der Waals surface area contributed by atoms with Gasteiger partial charge >= 0.3 is 6.09 Å². The molecule has 0 bridgehead atoms. The van der Waals surface area contributed by atoms with Crippen LogP contribution in [0.5, 0.6) is 0 Å². The van der Waals surface area contributed by atoms with Crippen molar-refractivity contribution < 1.29 is 19.4 Å². The van der Waals surface area contributed by atoms with E-state index in [0.717, 1.165) is 4.90 Å². The maximum absolute atomic E-state index is 10.8. The van der Waals surface area contributed by atoms with Gasteiger partial charge in [0.05, 0.1) is 12.6 Å². The van der Waals surface area contributed by atoms with Crippen LogP contribution in [0, 0.1) is 0 Å². The molecule has 1 aliphatic rings. The Morgan fingerprint density at radius 3 is 2.54 bits per heavy atom. The summed E-state index contributed by atoms with van der Waals surface area (Å²) < 4.78 is 4.96. The van der Waals surface area contributed by atoms with Crippen LogP contribution in [0.4, 0.5) is 4.79 Å². The minimum atomic E-state index is -1.14. The highest BCUT2D eigenvalue weighted by Gasteiger charge is 2.38. The zero-order chi connectivity index (χ0) is 10.0. The molecule has 6 heteroatoms. The number of rotatable bonds is 2. The highest BCUT2D eigenvalue weighted by atomic mass is 16.5. The summed E-state index contributed by atoms with van der Waals surface area (Å²) in [5, 5.41) is 8.71. The van der Waals surface area contributed by atoms with Gasteiger partial charge in [-0.1, -0.05) is 0 Å². The second kappa shape index (κ2) is 3.61. The lowest BCUT2D eigenvalue weighted by Crippen LogP contribution is -2.43. The molecule has 0 radical (unpaired) electrons. The summed E-state index contributed by atoms with van der Waals surface area (Å²) in [5.41, 5.74) is 5.04. The molecule has 1 rings (SSSR count). The molecule has 0 aliphatic carbocycles. The average Bonchev–Trinajstić information content (AvgIpc) is 2.47. The number of hydrogen-bond acceptors (Lipinski definition) is 3. The van der Waals surface area contributed by atoms with Crippen molar-refractivity contribution in [3.05, 3.63) is 0 Å². The van der Waals surface area contributed by atoms with Crippen molar-refractivity contribution in [2.24, 2.45) is 5.73 Å². The Morgan fingerprint density at radius 2 is 2.23 bits per heavy atom. The maximum Gasteiger partial charge on any atom is 0.408 e. The Morgan fingerprint density at radius 1 is 1.62 bits per heavy atom. The van der Waals surface area contributed by atoms with E-state index in [9.17, 15) is 9.59 Å². The first kappa shape index (κ1) is 9.79. The number of likely N-dealkylation sites (tertiary alicyclic amines) is 1. The zero-order valence-corrected chi connectivity index (χ0v) is 7.27. The number of nitrogens with two attached hydrogens (primary N) is 1. The zero-order valence-electron chi connectivity index (χ0n) is 7.27. The summed E-state index contributed by atoms with van der Waals surface area (Å²) in [6.07, 6.45) is -1.02. The lowest BCUT2D eigenvalue weighted by atomic mass is 10.2. The van der Waals surface area contributed by atoms with E-state index in [1.807, 2.05) is 0 Å². The molecule has 0 saturated carbocycles. The lowest BCUT2D eigenvalue weighted by Gasteiger charge is -2.17. The quantitative estimate of drug-likeness (QED) is 0.595. The Kier molecular flexibility index (Phi) is 2.72. The molecule has 1 fully saturated rings. The average molecular weight is 188 g/mol. The van der Waals surface area contributed by atoms with E-state index in [1.54, 1.807) is 0 Å². The van der Waals surface area contributed by atoms with Crippen LogP contribution in [-0.4, -0.2) is 47.8 Å². The molecule has 0 spiro atoms. The van der Waals surface area contributed by atoms with Crippen LogP contribution in [0.2, 0.25) is 0 Å². The van der Waals surface area contributed by atoms with Crippen LogP contribution in [0.1, 0.15) is 6.42 Å². The van der Waals surface area contributed by atoms with Gasteiger partial charge in [-0.25, -0.2) is 4.79 Å². The van der Waals surface area contributed by atoms with Crippen molar-refractivity contribution in [1.82, 2.24) is 4.90 Å². The molecule has 1 aliphatic heterocycles. The molecule has 1 saturated heterocycles. The molecular weight excluding hydrogens is 176 g/mol. The number of carbonyl (C=O) groups excluding carboxylic acids is 1. The van der Waals surface area contributed by atoms with E-state index >= 15 is 0 Å². The molecule has 2 amide bonds. The first-order valence-corrected chi connectivity index (χ1v) is 3.88. The summed E-state index contributed by atoms with van der Waals surface area (Å²) in [4.78, 5) is 22.5. The number of nitrogens with zero attached hydrogens (tertiary/aromatic N) is 1. The highest BCUT2D eigenvalue weighted by molar-refractivity contribution is 5.84. The fourth-order valence-electron chi connectivity index (χ4n) is 1.45. The van der Waals surface area contributed by atoms with E-state index in [4.69, 9.17) is 15.6 Å². The Labute approximate surface area is 75.3 Å². The van der Waals surface area contributed by atoms with Crippen LogP contribution in [0.25, 0.3) is 0 Å². The number of methoxy groups -OCH3 is 1. The van der Waals surface area contributed by atoms with E-state index in [0.29, 0.717) is 6.42 Å². The van der Waals surface area contributed by atoms with Gasteiger partial charge in [0.25, 0.3) is 0 Å². The normalized spacial score (nSPS) is 27.6. The van der Waals surface area contributed by atoms with Crippen molar-refractivity contribution in [1.29, 1.82) is 0 Å². The lowest BCUT2D eigenvalue weighted by molar-refractivity contribution is -0.121. The molecule has 74 valence electrons. The van der Waals surface area contributed by atoms with Crippen molar-refractivity contribution in [2.75, 3.05) is 13.7 Å². The monoisotopic (exact) mass is 188 g/mol. The molecular formula is C7H12N2O4. The van der Waals surface area contributed by atoms with Gasteiger partial charge in [0.1, 0.15) is 6.04 Å². The van der Waals surface area contributed by atoms with E-state index in [1.165, 1.54) is 7.11 Å². The predicted molar refractivity (Wildman–Crippen MR) is 43.1 cm³/mol. The minimum absolute atomic E-state index is 0.208. The summed E-state index contributed by atoms with van der Waals surface area (Å²) >= 11 is 0.